The van der Waals surface area contributed by atoms with Gasteiger partial charge in [0.2, 0.25) is 0 Å². The highest BCUT2D eigenvalue weighted by atomic mass is 79.9. The summed E-state index contributed by atoms with van der Waals surface area (Å²) in [5.74, 6) is 0. The molecule has 1 rings (SSSR count). The van der Waals surface area contributed by atoms with Crippen molar-refractivity contribution in [3.63, 3.8) is 0 Å². The van der Waals surface area contributed by atoms with Crippen LogP contribution in [0.1, 0.15) is 18.9 Å². The second kappa shape index (κ2) is 6.93. The Kier molecular flexibility index (Phi) is 5.87. The van der Waals surface area contributed by atoms with Gasteiger partial charge in [0.15, 0.2) is 0 Å². The first-order valence-corrected chi connectivity index (χ1v) is 6.42. The van der Waals surface area contributed by atoms with Gasteiger partial charge in [-0.15, -0.1) is 0 Å². The minimum Gasteiger partial charge on any atom is -0.392 e. The quantitative estimate of drug-likeness (QED) is 0.819. The summed E-state index contributed by atoms with van der Waals surface area (Å²) in [5, 5.41) is 0. The maximum Gasteiger partial charge on any atom is 0.0870 e. The molecule has 1 aromatic heterocycles. The van der Waals surface area contributed by atoms with E-state index in [1.165, 1.54) is 5.56 Å². The molecule has 3 nitrogen and oxygen atoms in total. The number of hydrogen-bond donors (Lipinski definition) is 1. The average Bonchev–Trinajstić information content (AvgIpc) is 2.16. The van der Waals surface area contributed by atoms with Crippen LogP contribution in [0.3, 0.4) is 0 Å². The van der Waals surface area contributed by atoms with Crippen molar-refractivity contribution >= 4 is 33.1 Å². The van der Waals surface area contributed by atoms with E-state index < -0.39 is 0 Å². The predicted octanol–water partition coefficient (Wildman–Crippen LogP) is 2.34. The van der Waals surface area contributed by atoms with E-state index in [9.17, 15) is 0 Å². The summed E-state index contributed by atoms with van der Waals surface area (Å²) in [7, 11) is 0. The first-order chi connectivity index (χ1) is 7.61. The minimum absolute atomic E-state index is 0.538. The van der Waals surface area contributed by atoms with Gasteiger partial charge in [0.1, 0.15) is 0 Å². The lowest BCUT2D eigenvalue weighted by Crippen LogP contribution is -2.32. The van der Waals surface area contributed by atoms with Gasteiger partial charge in [-0.05, 0) is 40.5 Å². The molecule has 0 spiro atoms. The van der Waals surface area contributed by atoms with Gasteiger partial charge in [-0.2, -0.15) is 0 Å². The molecule has 16 heavy (non-hydrogen) atoms. The number of pyridine rings is 1. The first-order valence-electron chi connectivity index (χ1n) is 5.22. The Morgan fingerprint density at radius 1 is 1.56 bits per heavy atom. The van der Waals surface area contributed by atoms with Crippen molar-refractivity contribution in [2.24, 2.45) is 5.73 Å². The summed E-state index contributed by atoms with van der Waals surface area (Å²) >= 11 is 8.35. The Hall–Kier alpha value is -0.520. The number of halogens is 1. The van der Waals surface area contributed by atoms with E-state index in [-0.39, 0.29) is 0 Å². The molecule has 0 fully saturated rings. The van der Waals surface area contributed by atoms with Crippen LogP contribution in [0, 0.1) is 0 Å². The van der Waals surface area contributed by atoms with Gasteiger partial charge < -0.3 is 5.73 Å². The molecule has 0 aliphatic heterocycles. The first kappa shape index (κ1) is 13.5. The number of nitrogens with two attached hydrogens (primary N) is 1. The van der Waals surface area contributed by atoms with E-state index in [1.54, 1.807) is 6.20 Å². The van der Waals surface area contributed by atoms with Crippen molar-refractivity contribution in [2.75, 3.05) is 13.1 Å². The number of hydrogen-bond acceptors (Lipinski definition) is 3. The third kappa shape index (κ3) is 5.01. The van der Waals surface area contributed by atoms with E-state index in [2.05, 4.69) is 38.8 Å². The standard InChI is InChI=1S/C11H16BrN3S/c1-2-3-15(8-11(13)16)7-9-4-10(12)6-14-5-9/h4-6H,2-3,7-8H2,1H3,(H2,13,16). The van der Waals surface area contributed by atoms with Crippen LogP contribution in [0.4, 0.5) is 0 Å². The van der Waals surface area contributed by atoms with Gasteiger partial charge in [-0.3, -0.25) is 9.88 Å². The predicted molar refractivity (Wildman–Crippen MR) is 74.3 cm³/mol. The fourth-order valence-electron chi connectivity index (χ4n) is 1.55. The van der Waals surface area contributed by atoms with E-state index in [4.69, 9.17) is 18.0 Å². The molecule has 0 amide bonds. The van der Waals surface area contributed by atoms with E-state index in [0.717, 1.165) is 24.0 Å². The molecule has 5 heteroatoms. The molecule has 88 valence electrons. The molecular formula is C11H16BrN3S. The zero-order valence-electron chi connectivity index (χ0n) is 9.32. The molecular weight excluding hydrogens is 286 g/mol. The lowest BCUT2D eigenvalue weighted by atomic mass is 10.2. The molecule has 2 N–H and O–H groups in total. The van der Waals surface area contributed by atoms with Crippen LogP contribution in [0.2, 0.25) is 0 Å². The normalized spacial score (nSPS) is 10.7. The Balaban J connectivity index is 2.63. The SMILES string of the molecule is CCCN(CC(N)=S)Cc1cncc(Br)c1. The Morgan fingerprint density at radius 2 is 2.31 bits per heavy atom. The van der Waals surface area contributed by atoms with Crippen molar-refractivity contribution in [3.8, 4) is 0 Å². The van der Waals surface area contributed by atoms with Gasteiger partial charge >= 0.3 is 0 Å². The van der Waals surface area contributed by atoms with Gasteiger partial charge in [-0.25, -0.2) is 0 Å². The smallest absolute Gasteiger partial charge is 0.0870 e. The van der Waals surface area contributed by atoms with Crippen LogP contribution in [-0.4, -0.2) is 28.0 Å². The van der Waals surface area contributed by atoms with E-state index >= 15 is 0 Å². The van der Waals surface area contributed by atoms with Crippen molar-refractivity contribution < 1.29 is 0 Å². The maximum absolute atomic E-state index is 5.57. The maximum atomic E-state index is 5.57. The highest BCUT2D eigenvalue weighted by Gasteiger charge is 2.06. The van der Waals surface area contributed by atoms with Crippen LogP contribution >= 0.6 is 28.1 Å². The second-order valence-electron chi connectivity index (χ2n) is 3.69. The van der Waals surface area contributed by atoms with Gasteiger partial charge in [-0.1, -0.05) is 19.1 Å². The Bertz CT molecular complexity index is 357. The molecule has 0 radical (unpaired) electrons. The molecule has 0 aliphatic carbocycles. The van der Waals surface area contributed by atoms with Crippen LogP contribution in [0.15, 0.2) is 22.9 Å². The second-order valence-corrected chi connectivity index (χ2v) is 5.13. The van der Waals surface area contributed by atoms with Crippen LogP contribution in [-0.2, 0) is 6.54 Å². The Morgan fingerprint density at radius 3 is 2.88 bits per heavy atom. The summed E-state index contributed by atoms with van der Waals surface area (Å²) in [4.78, 5) is 6.91. The lowest BCUT2D eigenvalue weighted by molar-refractivity contribution is 0.304. The summed E-state index contributed by atoms with van der Waals surface area (Å²) < 4.78 is 0.997. The number of aromatic nitrogens is 1. The monoisotopic (exact) mass is 301 g/mol. The fraction of sp³-hybridized carbons (Fsp3) is 0.455. The molecule has 1 aromatic rings. The summed E-state index contributed by atoms with van der Waals surface area (Å²) in [6, 6.07) is 2.06. The van der Waals surface area contributed by atoms with Crippen molar-refractivity contribution in [3.05, 3.63) is 28.5 Å². The van der Waals surface area contributed by atoms with Gasteiger partial charge in [0.05, 0.1) is 4.99 Å². The summed E-state index contributed by atoms with van der Waals surface area (Å²) in [6.07, 6.45) is 4.73. The third-order valence-electron chi connectivity index (χ3n) is 2.09. The largest absolute Gasteiger partial charge is 0.392 e. The van der Waals surface area contributed by atoms with Crippen LogP contribution < -0.4 is 5.73 Å². The summed E-state index contributed by atoms with van der Waals surface area (Å²) in [6.45, 7) is 4.63. The zero-order valence-corrected chi connectivity index (χ0v) is 11.7. The lowest BCUT2D eigenvalue weighted by Gasteiger charge is -2.20. The van der Waals surface area contributed by atoms with Crippen LogP contribution in [0.25, 0.3) is 0 Å². The fourth-order valence-corrected chi connectivity index (χ4v) is 2.15. The molecule has 0 unspecified atom stereocenters. The van der Waals surface area contributed by atoms with Crippen LogP contribution in [0.5, 0.6) is 0 Å². The molecule has 0 saturated carbocycles. The van der Waals surface area contributed by atoms with Gasteiger partial charge in [0.25, 0.3) is 0 Å². The average molecular weight is 302 g/mol. The molecule has 0 atom stereocenters. The molecule has 0 aliphatic rings. The molecule has 1 heterocycles. The van der Waals surface area contributed by atoms with Gasteiger partial charge in [0, 0.05) is 30.0 Å². The number of rotatable bonds is 6. The van der Waals surface area contributed by atoms with E-state index in [0.29, 0.717) is 11.5 Å². The molecule has 0 saturated heterocycles. The number of nitrogens with zero attached hydrogens (tertiary/aromatic N) is 2. The minimum atomic E-state index is 0.538. The zero-order chi connectivity index (χ0) is 12.0. The third-order valence-corrected chi connectivity index (χ3v) is 2.65. The highest BCUT2D eigenvalue weighted by Crippen LogP contribution is 2.11. The van der Waals surface area contributed by atoms with Crippen molar-refractivity contribution in [1.82, 2.24) is 9.88 Å². The topological polar surface area (TPSA) is 42.1 Å². The molecule has 0 aromatic carbocycles. The van der Waals surface area contributed by atoms with Crippen molar-refractivity contribution in [2.45, 2.75) is 19.9 Å². The van der Waals surface area contributed by atoms with Crippen molar-refractivity contribution in [1.29, 1.82) is 0 Å². The Labute approximate surface area is 110 Å². The molecule has 0 bridgehead atoms. The van der Waals surface area contributed by atoms with E-state index in [1.807, 2.05) is 6.20 Å². The number of thiocarbonyl (C=S) groups is 1. The summed E-state index contributed by atoms with van der Waals surface area (Å²) in [5.41, 5.74) is 6.74. The highest BCUT2D eigenvalue weighted by molar-refractivity contribution is 9.10.